The van der Waals surface area contributed by atoms with Gasteiger partial charge < -0.3 is 9.53 Å². The largest absolute Gasteiger partial charge is 0.506 e. The molecular weight excluding hydrogens is 388 g/mol. The van der Waals surface area contributed by atoms with Crippen molar-refractivity contribution >= 4 is 29.8 Å². The van der Waals surface area contributed by atoms with Crippen LogP contribution in [0.1, 0.15) is 36.0 Å². The molecule has 0 radical (unpaired) electrons. The van der Waals surface area contributed by atoms with Gasteiger partial charge in [-0.25, -0.2) is 0 Å². The lowest BCUT2D eigenvalue weighted by molar-refractivity contribution is -0.134. The molecule has 0 saturated heterocycles. The molecule has 0 spiro atoms. The maximum Gasteiger partial charge on any atom is 0.350 e. The highest BCUT2D eigenvalue weighted by Crippen LogP contribution is 2.14. The highest BCUT2D eigenvalue weighted by molar-refractivity contribution is 7.07. The van der Waals surface area contributed by atoms with E-state index in [1.54, 1.807) is 0 Å². The Kier molecular flexibility index (Phi) is 7.24. The molecule has 3 rings (SSSR count). The second-order valence-electron chi connectivity index (χ2n) is 7.93. The fourth-order valence-corrected chi connectivity index (χ4v) is 7.35. The van der Waals surface area contributed by atoms with Gasteiger partial charge in [-0.2, -0.15) is 0 Å². The van der Waals surface area contributed by atoms with Crippen LogP contribution in [0.3, 0.4) is 0 Å². The summed E-state index contributed by atoms with van der Waals surface area (Å²) in [6.07, 6.45) is 1.53. The lowest BCUT2D eigenvalue weighted by Gasteiger charge is -2.32. The molecule has 0 atom stereocenters. The van der Waals surface area contributed by atoms with Crippen LogP contribution in [0, 0.1) is 20.8 Å². The monoisotopic (exact) mass is 418 g/mol. The first-order valence-corrected chi connectivity index (χ1v) is 12.4. The van der Waals surface area contributed by atoms with E-state index in [9.17, 15) is 4.79 Å². The Hall–Kier alpha value is -2.69. The van der Waals surface area contributed by atoms with Gasteiger partial charge in [0.1, 0.15) is 0 Å². The summed E-state index contributed by atoms with van der Waals surface area (Å²) in [6.45, 7) is 6.27. The lowest BCUT2D eigenvalue weighted by Crippen LogP contribution is -2.70. The summed E-state index contributed by atoms with van der Waals surface area (Å²) in [7, 11) is -3.03. The summed E-state index contributed by atoms with van der Waals surface area (Å²) in [5.41, 5.74) is 3.51. The van der Waals surface area contributed by atoms with Crippen molar-refractivity contribution in [3.05, 3.63) is 89.5 Å². The first-order chi connectivity index (χ1) is 14.5. The van der Waals surface area contributed by atoms with Crippen molar-refractivity contribution in [3.63, 3.8) is 0 Å². The molecule has 0 saturated carbocycles. The van der Waals surface area contributed by atoms with Crippen LogP contribution in [0.25, 0.3) is 0 Å². The van der Waals surface area contributed by atoms with E-state index in [4.69, 9.17) is 9.53 Å². The van der Waals surface area contributed by atoms with E-state index in [0.717, 1.165) is 15.6 Å². The summed E-state index contributed by atoms with van der Waals surface area (Å²) in [5, 5.41) is 12.2. The molecule has 3 nitrogen and oxygen atoms in total. The van der Waals surface area contributed by atoms with Crippen LogP contribution >= 0.6 is 0 Å². The lowest BCUT2D eigenvalue weighted by atomic mass is 10.2. The third-order valence-corrected chi connectivity index (χ3v) is 9.40. The Bertz CT molecular complexity index is 850. The van der Waals surface area contributed by atoms with Crippen molar-refractivity contribution < 1.29 is 14.3 Å². The summed E-state index contributed by atoms with van der Waals surface area (Å²) in [5.74, 6) is -0.211. The number of rotatable bonds is 8. The molecule has 0 aliphatic rings. The number of carbonyl (C=O) groups is 1. The molecule has 0 heterocycles. The zero-order valence-electron chi connectivity index (χ0n) is 18.0. The van der Waals surface area contributed by atoms with E-state index in [1.165, 1.54) is 16.7 Å². The summed E-state index contributed by atoms with van der Waals surface area (Å²) >= 11 is 0. The van der Waals surface area contributed by atoms with Crippen molar-refractivity contribution in [2.24, 2.45) is 0 Å². The molecule has 0 fully saturated rings. The minimum Gasteiger partial charge on any atom is -0.506 e. The Morgan fingerprint density at radius 2 is 1.07 bits per heavy atom. The standard InChI is InChI=1S/C26H30O3Si/c1-20-7-13-23(14-8-20)30(24-15-9-21(2)10-16-24,25-17-11-22(3)12-18-25)29-26(28)6-4-5-19-27/h7-18,27H,4-6,19H2,1-3H3. The number of aryl methyl sites for hydroxylation is 3. The second-order valence-corrected chi connectivity index (χ2v) is 11.2. The zero-order chi connectivity index (χ0) is 21.6. The van der Waals surface area contributed by atoms with E-state index in [0.29, 0.717) is 19.3 Å². The van der Waals surface area contributed by atoms with E-state index in [1.807, 2.05) is 0 Å². The van der Waals surface area contributed by atoms with Crippen LogP contribution in [0.5, 0.6) is 0 Å². The molecule has 30 heavy (non-hydrogen) atoms. The van der Waals surface area contributed by atoms with Gasteiger partial charge in [0.05, 0.1) is 0 Å². The summed E-state index contributed by atoms with van der Waals surface area (Å²) in [6, 6.07) is 25.1. The van der Waals surface area contributed by atoms with Crippen LogP contribution in [0.15, 0.2) is 72.8 Å². The highest BCUT2D eigenvalue weighted by atomic mass is 28.4. The topological polar surface area (TPSA) is 46.5 Å². The van der Waals surface area contributed by atoms with Crippen LogP contribution in [-0.2, 0) is 9.22 Å². The second kappa shape index (κ2) is 9.87. The maximum absolute atomic E-state index is 13.0. The van der Waals surface area contributed by atoms with Gasteiger partial charge in [0, 0.05) is 13.0 Å². The molecule has 0 aromatic heterocycles. The average molecular weight is 419 g/mol. The molecule has 3 aromatic carbocycles. The average Bonchev–Trinajstić information content (AvgIpc) is 2.74. The number of unbranched alkanes of at least 4 members (excludes halogenated alkanes) is 1. The van der Waals surface area contributed by atoms with E-state index in [-0.39, 0.29) is 12.6 Å². The van der Waals surface area contributed by atoms with Gasteiger partial charge in [-0.3, -0.25) is 4.79 Å². The smallest absolute Gasteiger partial charge is 0.350 e. The summed E-state index contributed by atoms with van der Waals surface area (Å²) in [4.78, 5) is 13.0. The van der Waals surface area contributed by atoms with E-state index in [2.05, 4.69) is 93.6 Å². The molecule has 3 aromatic rings. The zero-order valence-corrected chi connectivity index (χ0v) is 19.0. The highest BCUT2D eigenvalue weighted by Gasteiger charge is 2.45. The molecule has 0 bridgehead atoms. The normalized spacial score (nSPS) is 11.3. The van der Waals surface area contributed by atoms with Gasteiger partial charge in [-0.1, -0.05) is 89.5 Å². The van der Waals surface area contributed by atoms with Crippen molar-refractivity contribution in [2.75, 3.05) is 6.61 Å². The minimum atomic E-state index is -3.03. The van der Waals surface area contributed by atoms with Gasteiger partial charge in [-0.15, -0.1) is 0 Å². The first kappa shape index (κ1) is 22.0. The number of benzene rings is 3. The molecular formula is C26H30O3Si. The van der Waals surface area contributed by atoms with Gasteiger partial charge in [0.2, 0.25) is 0 Å². The minimum absolute atomic E-state index is 0.0870. The molecule has 0 unspecified atom stereocenters. The fourth-order valence-electron chi connectivity index (χ4n) is 3.64. The van der Waals surface area contributed by atoms with Gasteiger partial charge in [0.15, 0.2) is 0 Å². The number of hydrogen-bond donors (Lipinski definition) is 1. The predicted molar refractivity (Wildman–Crippen MR) is 125 cm³/mol. The number of aliphatic hydroxyl groups excluding tert-OH is 1. The Morgan fingerprint density at radius 3 is 1.40 bits per heavy atom. The van der Waals surface area contributed by atoms with Crippen molar-refractivity contribution in [2.45, 2.75) is 40.0 Å². The fraction of sp³-hybridized carbons (Fsp3) is 0.269. The van der Waals surface area contributed by atoms with Crippen LogP contribution in [0.2, 0.25) is 0 Å². The van der Waals surface area contributed by atoms with Crippen LogP contribution in [0.4, 0.5) is 0 Å². The van der Waals surface area contributed by atoms with Crippen LogP contribution in [-0.4, -0.2) is 26.0 Å². The number of aliphatic hydroxyl groups is 1. The molecule has 0 amide bonds. The quantitative estimate of drug-likeness (QED) is 0.347. The SMILES string of the molecule is Cc1ccc([Si](OC(=O)CCCCO)(c2ccc(C)cc2)c2ccc(C)cc2)cc1. The van der Waals surface area contributed by atoms with Crippen molar-refractivity contribution in [1.29, 1.82) is 0 Å². The van der Waals surface area contributed by atoms with E-state index < -0.39 is 8.32 Å². The first-order valence-electron chi connectivity index (χ1n) is 10.5. The molecule has 156 valence electrons. The van der Waals surface area contributed by atoms with Crippen LogP contribution < -0.4 is 15.6 Å². The van der Waals surface area contributed by atoms with Gasteiger partial charge in [-0.05, 0) is 49.2 Å². The number of hydrogen-bond acceptors (Lipinski definition) is 3. The molecule has 0 aliphatic heterocycles. The molecule has 0 aliphatic carbocycles. The van der Waals surface area contributed by atoms with Crippen molar-refractivity contribution in [3.8, 4) is 0 Å². The van der Waals surface area contributed by atoms with Gasteiger partial charge in [0.25, 0.3) is 5.97 Å². The predicted octanol–water partition coefficient (Wildman–Crippen LogP) is 3.28. The third kappa shape index (κ3) is 4.89. The number of carbonyl (C=O) groups excluding carboxylic acids is 1. The third-order valence-electron chi connectivity index (χ3n) is 5.43. The summed E-state index contributed by atoms with van der Waals surface area (Å²) < 4.78 is 6.48. The van der Waals surface area contributed by atoms with E-state index >= 15 is 0 Å². The Morgan fingerprint density at radius 1 is 0.700 bits per heavy atom. The molecule has 1 N–H and O–H groups in total. The molecule has 4 heteroatoms. The van der Waals surface area contributed by atoms with Crippen molar-refractivity contribution in [1.82, 2.24) is 0 Å². The van der Waals surface area contributed by atoms with Gasteiger partial charge >= 0.3 is 8.32 Å². The Balaban J connectivity index is 2.19. The Labute approximate surface area is 180 Å². The maximum atomic E-state index is 13.0.